The van der Waals surface area contributed by atoms with Crippen LogP contribution in [0.15, 0.2) is 0 Å². The Morgan fingerprint density at radius 1 is 0.829 bits per heavy atom. The number of carbonyl (C=O) groups excluding carboxylic acids is 6. The molecule has 0 radical (unpaired) electrons. The Labute approximate surface area is 234 Å². The third-order valence-electron chi connectivity index (χ3n) is 5.37. The maximum Gasteiger partial charge on any atom is 0.407 e. The van der Waals surface area contributed by atoms with E-state index in [4.69, 9.17) is 5.11 Å². The maximum absolute atomic E-state index is 11.8. The third kappa shape index (κ3) is 20.8. The van der Waals surface area contributed by atoms with Crippen LogP contribution in [0.4, 0.5) is 22.4 Å². The summed E-state index contributed by atoms with van der Waals surface area (Å²) in [5.74, 6) is 0. The van der Waals surface area contributed by atoms with Crippen LogP contribution in [0.25, 0.3) is 0 Å². The summed E-state index contributed by atoms with van der Waals surface area (Å²) >= 11 is 0. The van der Waals surface area contributed by atoms with Crippen LogP contribution < -0.4 is 10.6 Å². The Morgan fingerprint density at radius 3 is 1.44 bits per heavy atom. The molecular formula is C23H38F4N6O8. The number of alkyl halides is 4. The first kappa shape index (κ1) is 37.3. The summed E-state index contributed by atoms with van der Waals surface area (Å²) in [4.78, 5) is 64.7. The van der Waals surface area contributed by atoms with Crippen molar-refractivity contribution >= 4 is 38.1 Å². The number of ether oxygens (including phenoxy) is 1. The van der Waals surface area contributed by atoms with Gasteiger partial charge in [-0.15, -0.1) is 0 Å². The lowest BCUT2D eigenvalue weighted by atomic mass is 10.2. The van der Waals surface area contributed by atoms with Crippen LogP contribution >= 0.6 is 0 Å². The minimum absolute atomic E-state index is 0.00743. The first-order valence-electron chi connectivity index (χ1n) is 12.7. The highest BCUT2D eigenvalue weighted by molar-refractivity contribution is 5.68. The van der Waals surface area contributed by atoms with Gasteiger partial charge in [0.1, 0.15) is 19.3 Å². The second kappa shape index (κ2) is 22.0. The molecule has 6 amide bonds. The Morgan fingerprint density at radius 2 is 1.29 bits per heavy atom. The number of hydrogen-bond acceptors (Lipinski definition) is 8. The van der Waals surface area contributed by atoms with Crippen LogP contribution in [0.1, 0.15) is 19.3 Å². The summed E-state index contributed by atoms with van der Waals surface area (Å²) in [6.07, 6.45) is 1.20. The van der Waals surface area contributed by atoms with Gasteiger partial charge in [0.2, 0.25) is 32.1 Å². The average Bonchev–Trinajstić information content (AvgIpc) is 3.58. The van der Waals surface area contributed by atoms with Crippen molar-refractivity contribution in [3.05, 3.63) is 0 Å². The Kier molecular flexibility index (Phi) is 20.1. The minimum atomic E-state index is -4.29. The zero-order valence-corrected chi connectivity index (χ0v) is 22.5. The molecule has 41 heavy (non-hydrogen) atoms. The van der Waals surface area contributed by atoms with Crippen molar-refractivity contribution < 1.29 is 56.2 Å². The van der Waals surface area contributed by atoms with E-state index in [2.05, 4.69) is 10.1 Å². The summed E-state index contributed by atoms with van der Waals surface area (Å²) in [5, 5.41) is 12.5. The zero-order chi connectivity index (χ0) is 31.1. The van der Waals surface area contributed by atoms with Crippen LogP contribution in [0.2, 0.25) is 0 Å². The van der Waals surface area contributed by atoms with E-state index in [9.17, 15) is 46.3 Å². The molecule has 18 heteroatoms. The number of nitrogens with one attached hydrogen (secondary N) is 2. The molecule has 14 nitrogen and oxygen atoms in total. The van der Waals surface area contributed by atoms with Crippen molar-refractivity contribution in [1.82, 2.24) is 30.2 Å². The highest BCUT2D eigenvalue weighted by atomic mass is 19.4. The molecule has 0 aliphatic carbocycles. The van der Waals surface area contributed by atoms with Gasteiger partial charge in [-0.25, -0.2) is 9.18 Å². The van der Waals surface area contributed by atoms with Gasteiger partial charge in [-0.2, -0.15) is 13.2 Å². The van der Waals surface area contributed by atoms with Crippen LogP contribution in [-0.2, 0) is 28.7 Å². The van der Waals surface area contributed by atoms with Crippen LogP contribution in [0.5, 0.6) is 0 Å². The molecule has 5 heterocycles. The number of hydrogen-bond donors (Lipinski definition) is 3. The van der Waals surface area contributed by atoms with Gasteiger partial charge in [0.25, 0.3) is 0 Å². The quantitative estimate of drug-likeness (QED) is 0.250. The van der Waals surface area contributed by atoms with Gasteiger partial charge in [-0.3, -0.25) is 24.0 Å². The second-order valence-corrected chi connectivity index (χ2v) is 8.89. The van der Waals surface area contributed by atoms with Crippen LogP contribution in [0.3, 0.4) is 0 Å². The Hall–Kier alpha value is -3.70. The Balaban J connectivity index is 0.000000469. The third-order valence-corrected chi connectivity index (χ3v) is 5.37. The molecule has 5 aliphatic rings. The SMILES string of the molecule is O=C1NCCO1.O=CN1CC(F)C1.O=CN1CC(O)C1.O=CN1CCC1.O=CN1CCCC1.O=CNCC(F)(F)F. The highest BCUT2D eigenvalue weighted by Gasteiger charge is 2.26. The van der Waals surface area contributed by atoms with E-state index < -0.39 is 18.9 Å². The summed E-state index contributed by atoms with van der Waals surface area (Å²) < 4.78 is 49.2. The number of alkyl carbamates (subject to hydrolysis) is 1. The van der Waals surface area contributed by atoms with Crippen LogP contribution in [-0.4, -0.2) is 153 Å². The van der Waals surface area contributed by atoms with E-state index in [1.54, 1.807) is 9.80 Å². The van der Waals surface area contributed by atoms with Gasteiger partial charge >= 0.3 is 12.3 Å². The van der Waals surface area contributed by atoms with Gasteiger partial charge in [0.05, 0.1) is 25.7 Å². The second-order valence-electron chi connectivity index (χ2n) is 8.89. The van der Waals surface area contributed by atoms with Crippen molar-refractivity contribution in [2.45, 2.75) is 37.7 Å². The first-order valence-corrected chi connectivity index (χ1v) is 12.7. The molecule has 0 atom stereocenters. The normalized spacial score (nSPS) is 18.7. The molecule has 0 spiro atoms. The molecule has 3 N–H and O–H groups in total. The fraction of sp³-hybridized carbons (Fsp3) is 0.739. The molecule has 0 aromatic rings. The van der Waals surface area contributed by atoms with Crippen molar-refractivity contribution in [2.24, 2.45) is 0 Å². The molecule has 0 bridgehead atoms. The number of aliphatic hydroxyl groups excluding tert-OH is 1. The van der Waals surface area contributed by atoms with Gasteiger partial charge in [-0.1, -0.05) is 0 Å². The van der Waals surface area contributed by atoms with E-state index >= 15 is 0 Å². The molecule has 236 valence electrons. The smallest absolute Gasteiger partial charge is 0.407 e. The number of aliphatic hydroxyl groups is 1. The average molecular weight is 603 g/mol. The minimum Gasteiger partial charge on any atom is -0.448 e. The molecule has 5 fully saturated rings. The largest absolute Gasteiger partial charge is 0.448 e. The number of carbonyl (C=O) groups is 6. The fourth-order valence-corrected chi connectivity index (χ4v) is 2.91. The molecule has 0 saturated carbocycles. The first-order chi connectivity index (χ1) is 19.5. The van der Waals surface area contributed by atoms with Crippen molar-refractivity contribution in [3.8, 4) is 0 Å². The lowest BCUT2D eigenvalue weighted by molar-refractivity contribution is -0.132. The van der Waals surface area contributed by atoms with Gasteiger partial charge in [-0.05, 0) is 19.3 Å². The number of β-amino-alcohol motifs (C(OH)–C–C–N with tert-alkyl or cyclic N) is 1. The number of rotatable bonds is 6. The number of amides is 6. The van der Waals surface area contributed by atoms with Crippen molar-refractivity contribution in [1.29, 1.82) is 0 Å². The number of nitrogens with zero attached hydrogens (tertiary/aromatic N) is 4. The van der Waals surface area contributed by atoms with Gasteiger partial charge in [0.15, 0.2) is 0 Å². The number of likely N-dealkylation sites (tertiary alicyclic amines) is 4. The summed E-state index contributed by atoms with van der Waals surface area (Å²) in [6, 6.07) is 0. The van der Waals surface area contributed by atoms with Crippen LogP contribution in [0, 0.1) is 0 Å². The van der Waals surface area contributed by atoms with E-state index in [1.807, 2.05) is 0 Å². The molecule has 5 aliphatic heterocycles. The predicted octanol–water partition coefficient (Wildman–Crippen LogP) is -1.28. The lowest BCUT2D eigenvalue weighted by Gasteiger charge is -2.31. The predicted molar refractivity (Wildman–Crippen MR) is 135 cm³/mol. The van der Waals surface area contributed by atoms with E-state index in [-0.39, 0.29) is 18.6 Å². The summed E-state index contributed by atoms with van der Waals surface area (Å²) in [7, 11) is 0. The standard InChI is InChI=1S/C5H9NO.C4H6FNO.C4H7NO2.C4H7NO.C3H4F3NO.C3H5NO2/c7-5-6-3-1-2-4-6;5-4-1-6(2-4)3-7;6-3-5-1-4(7)2-5;6-4-5-2-1-3-5;4-3(5,6)1-7-2-8;5-3-4-1-2-6-3/h5H,1-4H2;3-4H,1-2H2;3-4,7H,1-2H2;4H,1-3H2;2H,1H2,(H,7,8);1-2H2,(H,4,5). The maximum atomic E-state index is 11.8. The zero-order valence-electron chi connectivity index (χ0n) is 22.5. The lowest BCUT2D eigenvalue weighted by Crippen LogP contribution is -2.49. The molecule has 5 rings (SSSR count). The molecule has 0 aromatic heterocycles. The topological polar surface area (TPSA) is 169 Å². The number of cyclic esters (lactones) is 1. The Bertz CT molecular complexity index is 731. The van der Waals surface area contributed by atoms with Gasteiger partial charge < -0.3 is 40.1 Å². The van der Waals surface area contributed by atoms with Gasteiger partial charge in [0, 0.05) is 39.3 Å². The molecule has 5 saturated heterocycles. The fourth-order valence-electron chi connectivity index (χ4n) is 2.91. The highest BCUT2D eigenvalue weighted by Crippen LogP contribution is 2.11. The van der Waals surface area contributed by atoms with Crippen molar-refractivity contribution in [2.75, 3.05) is 72.1 Å². The van der Waals surface area contributed by atoms with E-state index in [1.165, 1.54) is 34.4 Å². The van der Waals surface area contributed by atoms with E-state index in [0.29, 0.717) is 45.7 Å². The van der Waals surface area contributed by atoms with Crippen molar-refractivity contribution in [3.63, 3.8) is 0 Å². The summed E-state index contributed by atoms with van der Waals surface area (Å²) in [5.41, 5.74) is 0. The molecular weight excluding hydrogens is 564 g/mol. The van der Waals surface area contributed by atoms with E-state index in [0.717, 1.165) is 45.4 Å². The molecule has 0 unspecified atom stereocenters. The number of halogens is 4. The summed E-state index contributed by atoms with van der Waals surface area (Å²) in [6.45, 7) is 5.47. The monoisotopic (exact) mass is 602 g/mol. The molecule has 0 aromatic carbocycles.